The third kappa shape index (κ3) is 3.50. The van der Waals surface area contributed by atoms with Crippen LogP contribution in [0.3, 0.4) is 0 Å². The van der Waals surface area contributed by atoms with Gasteiger partial charge in [-0.05, 0) is 13.8 Å². The first kappa shape index (κ1) is 15.7. The van der Waals surface area contributed by atoms with E-state index in [2.05, 4.69) is 14.3 Å². The lowest BCUT2D eigenvalue weighted by molar-refractivity contribution is -0.144. The van der Waals surface area contributed by atoms with Gasteiger partial charge in [0.15, 0.2) is 5.03 Å². The molecule has 7 nitrogen and oxygen atoms in total. The number of aromatic nitrogens is 4. The minimum absolute atomic E-state index is 0.000175. The van der Waals surface area contributed by atoms with Gasteiger partial charge in [-0.3, -0.25) is 4.72 Å². The van der Waals surface area contributed by atoms with Crippen LogP contribution in [0.15, 0.2) is 17.6 Å². The summed E-state index contributed by atoms with van der Waals surface area (Å²) >= 11 is 0.305. The van der Waals surface area contributed by atoms with E-state index in [0.717, 1.165) is 0 Å². The van der Waals surface area contributed by atoms with Crippen molar-refractivity contribution < 1.29 is 21.6 Å². The number of nitrogens with one attached hydrogen (secondary N) is 1. The molecule has 0 atom stereocenters. The van der Waals surface area contributed by atoms with Gasteiger partial charge in [0.1, 0.15) is 0 Å². The van der Waals surface area contributed by atoms with Crippen molar-refractivity contribution in [3.63, 3.8) is 0 Å². The van der Waals surface area contributed by atoms with Gasteiger partial charge in [-0.15, -0.1) is 0 Å². The summed E-state index contributed by atoms with van der Waals surface area (Å²) in [4.78, 5) is 6.80. The number of halogens is 3. The Morgan fingerprint density at radius 1 is 1.38 bits per heavy atom. The average Bonchev–Trinajstić information content (AvgIpc) is 2.94. The molecule has 0 fully saturated rings. The van der Waals surface area contributed by atoms with Crippen molar-refractivity contribution in [2.75, 3.05) is 4.72 Å². The summed E-state index contributed by atoms with van der Waals surface area (Å²) < 4.78 is 67.5. The van der Waals surface area contributed by atoms with Crippen LogP contribution in [0.5, 0.6) is 0 Å². The number of alkyl halides is 3. The fraction of sp³-hybridized carbons (Fsp3) is 0.444. The smallest absolute Gasteiger partial charge is 0.334 e. The molecule has 0 spiro atoms. The van der Waals surface area contributed by atoms with Crippen molar-refractivity contribution >= 4 is 26.7 Å². The zero-order valence-electron chi connectivity index (χ0n) is 10.8. The predicted octanol–water partition coefficient (Wildman–Crippen LogP) is 2.14. The normalized spacial score (nSPS) is 12.9. The minimum atomic E-state index is -4.72. The van der Waals surface area contributed by atoms with Crippen molar-refractivity contribution in [2.24, 2.45) is 0 Å². The molecule has 0 saturated heterocycles. The molecule has 0 aromatic carbocycles. The van der Waals surface area contributed by atoms with Crippen molar-refractivity contribution in [3.05, 3.63) is 18.3 Å². The molecule has 0 amide bonds. The molecule has 0 unspecified atom stereocenters. The van der Waals surface area contributed by atoms with Gasteiger partial charge >= 0.3 is 6.18 Å². The van der Waals surface area contributed by atoms with Gasteiger partial charge in [-0.1, -0.05) is 0 Å². The summed E-state index contributed by atoms with van der Waals surface area (Å²) in [6, 6.07) is -0.000175. The van der Waals surface area contributed by atoms with Crippen LogP contribution >= 0.6 is 11.5 Å². The van der Waals surface area contributed by atoms with Crippen molar-refractivity contribution in [2.45, 2.75) is 31.1 Å². The number of hydrogen-bond donors (Lipinski definition) is 1. The lowest BCUT2D eigenvalue weighted by Gasteiger charge is -2.04. The first-order valence-electron chi connectivity index (χ1n) is 5.57. The van der Waals surface area contributed by atoms with Crippen LogP contribution in [0.25, 0.3) is 0 Å². The van der Waals surface area contributed by atoms with Gasteiger partial charge in [-0.25, -0.2) is 4.98 Å². The molecule has 12 heteroatoms. The Bertz CT molecular complexity index is 735. The van der Waals surface area contributed by atoms with Crippen LogP contribution in [-0.2, 0) is 16.2 Å². The fourth-order valence-corrected chi connectivity index (χ4v) is 3.04. The Balaban J connectivity index is 2.23. The third-order valence-electron chi connectivity index (χ3n) is 2.35. The first-order chi connectivity index (χ1) is 9.59. The van der Waals surface area contributed by atoms with Crippen LogP contribution in [0.1, 0.15) is 25.7 Å². The second-order valence-electron chi connectivity index (χ2n) is 4.28. The number of sulfonamides is 1. The summed E-state index contributed by atoms with van der Waals surface area (Å²) in [6.45, 7) is 3.65. The summed E-state index contributed by atoms with van der Waals surface area (Å²) in [7, 11) is -4.10. The van der Waals surface area contributed by atoms with Gasteiger partial charge in [0, 0.05) is 23.8 Å². The molecule has 21 heavy (non-hydrogen) atoms. The minimum Gasteiger partial charge on any atom is -0.334 e. The molecule has 2 heterocycles. The largest absolute Gasteiger partial charge is 0.452 e. The standard InChI is InChI=1S/C9H10F3N5O2S2/c1-5(2)17-3-6(13-4-17)21(18,19)16-8-14-7(15-20-8)9(10,11)12/h3-5H,1-2H3,(H,14,15,16). The molecule has 2 rings (SSSR count). The van der Waals surface area contributed by atoms with Crippen molar-refractivity contribution in [3.8, 4) is 0 Å². The third-order valence-corrected chi connectivity index (χ3v) is 4.33. The van der Waals surface area contributed by atoms with Gasteiger partial charge in [0.25, 0.3) is 10.0 Å². The Kier molecular flexibility index (Phi) is 3.93. The average molecular weight is 341 g/mol. The zero-order chi connectivity index (χ0) is 15.8. The molecule has 0 aliphatic rings. The maximum atomic E-state index is 12.3. The highest BCUT2D eigenvalue weighted by molar-refractivity contribution is 7.92. The molecule has 0 saturated carbocycles. The van der Waals surface area contributed by atoms with E-state index >= 15 is 0 Å². The lowest BCUT2D eigenvalue weighted by atomic mass is 10.4. The second kappa shape index (κ2) is 5.26. The summed E-state index contributed by atoms with van der Waals surface area (Å²) in [5, 5.41) is -0.776. The first-order valence-corrected chi connectivity index (χ1v) is 7.82. The van der Waals surface area contributed by atoms with E-state index < -0.39 is 27.2 Å². The molecule has 2 aromatic heterocycles. The van der Waals surface area contributed by atoms with E-state index in [1.54, 1.807) is 4.57 Å². The molecule has 116 valence electrons. The molecule has 0 bridgehead atoms. The molecule has 0 aliphatic heterocycles. The Labute approximate surface area is 122 Å². The van der Waals surface area contributed by atoms with Gasteiger partial charge in [0.05, 0.1) is 6.33 Å². The van der Waals surface area contributed by atoms with Crippen LogP contribution in [-0.4, -0.2) is 27.3 Å². The summed E-state index contributed by atoms with van der Waals surface area (Å²) in [5.74, 6) is -1.39. The molecule has 0 radical (unpaired) electrons. The van der Waals surface area contributed by atoms with E-state index in [1.165, 1.54) is 12.5 Å². The van der Waals surface area contributed by atoms with Crippen molar-refractivity contribution in [1.82, 2.24) is 18.9 Å². The Morgan fingerprint density at radius 3 is 2.52 bits per heavy atom. The zero-order valence-corrected chi connectivity index (χ0v) is 12.4. The molecular formula is C9H10F3N5O2S2. The number of rotatable bonds is 4. The number of anilines is 1. The van der Waals surface area contributed by atoms with Crippen LogP contribution in [0, 0.1) is 0 Å². The van der Waals surface area contributed by atoms with E-state index in [4.69, 9.17) is 0 Å². The Hall–Kier alpha value is -1.69. The highest BCUT2D eigenvalue weighted by Gasteiger charge is 2.36. The lowest BCUT2D eigenvalue weighted by Crippen LogP contribution is -2.14. The summed E-state index contributed by atoms with van der Waals surface area (Å²) in [6.07, 6.45) is -2.13. The monoisotopic (exact) mass is 341 g/mol. The predicted molar refractivity (Wildman–Crippen MR) is 68.3 cm³/mol. The topological polar surface area (TPSA) is 89.8 Å². The number of imidazole rings is 1. The molecular weight excluding hydrogens is 331 g/mol. The maximum Gasteiger partial charge on any atom is 0.452 e. The number of hydrogen-bond acceptors (Lipinski definition) is 6. The van der Waals surface area contributed by atoms with E-state index in [0.29, 0.717) is 11.5 Å². The van der Waals surface area contributed by atoms with Gasteiger partial charge in [-0.2, -0.15) is 30.9 Å². The second-order valence-corrected chi connectivity index (χ2v) is 6.66. The van der Waals surface area contributed by atoms with E-state index in [9.17, 15) is 21.6 Å². The molecule has 0 aliphatic carbocycles. The quantitative estimate of drug-likeness (QED) is 0.920. The fourth-order valence-electron chi connectivity index (χ4n) is 1.29. The molecule has 2 aromatic rings. The summed E-state index contributed by atoms with van der Waals surface area (Å²) in [5.41, 5.74) is 0. The molecule has 1 N–H and O–H groups in total. The highest BCUT2D eigenvalue weighted by Crippen LogP contribution is 2.29. The van der Waals surface area contributed by atoms with Gasteiger partial charge in [0.2, 0.25) is 11.0 Å². The maximum absolute atomic E-state index is 12.3. The Morgan fingerprint density at radius 2 is 2.05 bits per heavy atom. The highest BCUT2D eigenvalue weighted by atomic mass is 32.2. The van der Waals surface area contributed by atoms with Crippen LogP contribution in [0.4, 0.5) is 18.3 Å². The van der Waals surface area contributed by atoms with E-state index in [-0.39, 0.29) is 11.1 Å². The van der Waals surface area contributed by atoms with Gasteiger partial charge < -0.3 is 4.57 Å². The number of nitrogens with zero attached hydrogens (tertiary/aromatic N) is 4. The van der Waals surface area contributed by atoms with Crippen LogP contribution < -0.4 is 4.72 Å². The van der Waals surface area contributed by atoms with Crippen LogP contribution in [0.2, 0.25) is 0 Å². The SMILES string of the molecule is CC(C)n1cnc(S(=O)(=O)Nc2nc(C(F)(F)F)ns2)c1. The van der Waals surface area contributed by atoms with E-state index in [1.807, 2.05) is 18.6 Å². The van der Waals surface area contributed by atoms with Crippen molar-refractivity contribution in [1.29, 1.82) is 0 Å².